The van der Waals surface area contributed by atoms with Crippen LogP contribution in [0.1, 0.15) is 30.2 Å². The molecular formula is C19H18F2N4O. The molecule has 134 valence electrons. The quantitative estimate of drug-likeness (QED) is 0.712. The van der Waals surface area contributed by atoms with Crippen molar-refractivity contribution in [3.05, 3.63) is 65.7 Å². The standard InChI is InChI=1S/C19H18F2N4O/c20-15-7-6-13(10-16(15)21)11-25-9-3-4-14(12-25)18-23-24-19(26-18)17-5-1-2-8-22-17/h1-2,5-8,10,14H,3-4,9,11-12H2/t14-/m0/s1. The first-order valence-electron chi connectivity index (χ1n) is 8.60. The van der Waals surface area contributed by atoms with Crippen molar-refractivity contribution in [1.29, 1.82) is 0 Å². The van der Waals surface area contributed by atoms with Gasteiger partial charge >= 0.3 is 0 Å². The van der Waals surface area contributed by atoms with E-state index in [1.54, 1.807) is 12.3 Å². The maximum absolute atomic E-state index is 13.4. The topological polar surface area (TPSA) is 55.1 Å². The highest BCUT2D eigenvalue weighted by atomic mass is 19.2. The summed E-state index contributed by atoms with van der Waals surface area (Å²) in [5, 5.41) is 8.29. The van der Waals surface area contributed by atoms with Gasteiger partial charge in [0, 0.05) is 19.3 Å². The summed E-state index contributed by atoms with van der Waals surface area (Å²) < 4.78 is 32.3. The van der Waals surface area contributed by atoms with Crippen molar-refractivity contribution >= 4 is 0 Å². The number of hydrogen-bond donors (Lipinski definition) is 0. The molecule has 0 N–H and O–H groups in total. The van der Waals surface area contributed by atoms with Crippen molar-refractivity contribution in [1.82, 2.24) is 20.1 Å². The van der Waals surface area contributed by atoms with E-state index in [1.165, 1.54) is 12.1 Å². The minimum absolute atomic E-state index is 0.124. The third-order valence-electron chi connectivity index (χ3n) is 4.57. The van der Waals surface area contributed by atoms with Crippen molar-refractivity contribution < 1.29 is 13.2 Å². The largest absolute Gasteiger partial charge is 0.419 e. The molecule has 1 aliphatic rings. The third-order valence-corrected chi connectivity index (χ3v) is 4.57. The highest BCUT2D eigenvalue weighted by molar-refractivity contribution is 5.45. The number of halogens is 2. The van der Waals surface area contributed by atoms with Crippen molar-refractivity contribution in [2.24, 2.45) is 0 Å². The maximum atomic E-state index is 13.4. The predicted molar refractivity (Wildman–Crippen MR) is 91.1 cm³/mol. The van der Waals surface area contributed by atoms with Gasteiger partial charge in [-0.15, -0.1) is 10.2 Å². The van der Waals surface area contributed by atoms with Crippen molar-refractivity contribution in [3.63, 3.8) is 0 Å². The van der Waals surface area contributed by atoms with E-state index < -0.39 is 11.6 Å². The van der Waals surface area contributed by atoms with Gasteiger partial charge < -0.3 is 4.42 Å². The molecule has 7 heteroatoms. The smallest absolute Gasteiger partial charge is 0.266 e. The highest BCUT2D eigenvalue weighted by Crippen LogP contribution is 2.28. The van der Waals surface area contributed by atoms with Crippen molar-refractivity contribution in [2.75, 3.05) is 13.1 Å². The van der Waals surface area contributed by atoms with Gasteiger partial charge in [-0.25, -0.2) is 8.78 Å². The lowest BCUT2D eigenvalue weighted by molar-refractivity contribution is 0.186. The molecule has 1 aliphatic heterocycles. The SMILES string of the molecule is Fc1ccc(CN2CCC[C@H](c3nnc(-c4ccccn4)o3)C2)cc1F. The summed E-state index contributed by atoms with van der Waals surface area (Å²) in [7, 11) is 0. The molecular weight excluding hydrogens is 338 g/mol. The van der Waals surface area contributed by atoms with Crippen LogP contribution in [-0.4, -0.2) is 33.2 Å². The average molecular weight is 356 g/mol. The Morgan fingerprint density at radius 1 is 1.12 bits per heavy atom. The second-order valence-electron chi connectivity index (χ2n) is 6.48. The number of nitrogens with zero attached hydrogens (tertiary/aromatic N) is 4. The Balaban J connectivity index is 1.45. The Bertz CT molecular complexity index is 884. The molecule has 2 aromatic heterocycles. The minimum Gasteiger partial charge on any atom is -0.419 e. The van der Waals surface area contributed by atoms with E-state index in [-0.39, 0.29) is 5.92 Å². The van der Waals surface area contributed by atoms with Crippen LogP contribution < -0.4 is 0 Å². The molecule has 4 rings (SSSR count). The molecule has 0 radical (unpaired) electrons. The van der Waals surface area contributed by atoms with E-state index in [1.807, 2.05) is 18.2 Å². The van der Waals surface area contributed by atoms with Gasteiger partial charge in [0.2, 0.25) is 5.89 Å². The number of benzene rings is 1. The number of piperidine rings is 1. The predicted octanol–water partition coefficient (Wildman–Crippen LogP) is 3.79. The van der Waals surface area contributed by atoms with Gasteiger partial charge in [0.15, 0.2) is 11.6 Å². The number of aromatic nitrogens is 3. The fourth-order valence-corrected chi connectivity index (χ4v) is 3.29. The first-order chi connectivity index (χ1) is 12.7. The monoisotopic (exact) mass is 356 g/mol. The Hall–Kier alpha value is -2.67. The van der Waals surface area contributed by atoms with Gasteiger partial charge in [-0.05, 0) is 49.2 Å². The molecule has 26 heavy (non-hydrogen) atoms. The molecule has 0 bridgehead atoms. The molecule has 0 unspecified atom stereocenters. The molecule has 0 amide bonds. The first kappa shape index (κ1) is 16.8. The number of hydrogen-bond acceptors (Lipinski definition) is 5. The molecule has 5 nitrogen and oxygen atoms in total. The molecule has 3 aromatic rings. The lowest BCUT2D eigenvalue weighted by Gasteiger charge is -2.31. The normalized spacial score (nSPS) is 18.2. The molecule has 1 atom stereocenters. The second kappa shape index (κ2) is 7.29. The summed E-state index contributed by atoms with van der Waals surface area (Å²) >= 11 is 0. The van der Waals surface area contributed by atoms with E-state index in [9.17, 15) is 8.78 Å². The van der Waals surface area contributed by atoms with Crippen LogP contribution in [0.4, 0.5) is 8.78 Å². The summed E-state index contributed by atoms with van der Waals surface area (Å²) in [5.41, 5.74) is 1.41. The summed E-state index contributed by atoms with van der Waals surface area (Å²) in [6, 6.07) is 9.57. The van der Waals surface area contributed by atoms with Crippen molar-refractivity contribution in [2.45, 2.75) is 25.3 Å². The zero-order valence-corrected chi connectivity index (χ0v) is 14.1. The van der Waals surface area contributed by atoms with E-state index in [0.29, 0.717) is 24.0 Å². The van der Waals surface area contributed by atoms with Gasteiger partial charge in [-0.1, -0.05) is 12.1 Å². The number of likely N-dealkylation sites (tertiary alicyclic amines) is 1. The Morgan fingerprint density at radius 3 is 2.85 bits per heavy atom. The second-order valence-corrected chi connectivity index (χ2v) is 6.48. The Kier molecular flexibility index (Phi) is 4.71. The van der Waals surface area contributed by atoms with Crippen LogP contribution in [0.25, 0.3) is 11.6 Å². The zero-order chi connectivity index (χ0) is 17.9. The minimum atomic E-state index is -0.821. The number of rotatable bonds is 4. The summed E-state index contributed by atoms with van der Waals surface area (Å²) in [5.74, 6) is -0.496. The van der Waals surface area contributed by atoms with E-state index in [2.05, 4.69) is 20.1 Å². The van der Waals surface area contributed by atoms with Crippen LogP contribution in [0.15, 0.2) is 47.0 Å². The molecule has 1 aromatic carbocycles. The lowest BCUT2D eigenvalue weighted by Crippen LogP contribution is -2.34. The van der Waals surface area contributed by atoms with E-state index in [4.69, 9.17) is 4.42 Å². The van der Waals surface area contributed by atoms with Gasteiger partial charge in [-0.3, -0.25) is 9.88 Å². The van der Waals surface area contributed by atoms with Gasteiger partial charge in [0.25, 0.3) is 5.89 Å². The molecule has 0 spiro atoms. The summed E-state index contributed by atoms with van der Waals surface area (Å²) in [6.45, 7) is 2.20. The molecule has 1 saturated heterocycles. The van der Waals surface area contributed by atoms with Gasteiger partial charge in [0.1, 0.15) is 5.69 Å². The average Bonchev–Trinajstić information content (AvgIpc) is 3.16. The Morgan fingerprint density at radius 2 is 2.04 bits per heavy atom. The molecule has 0 aliphatic carbocycles. The van der Waals surface area contributed by atoms with Crippen LogP contribution in [0.2, 0.25) is 0 Å². The van der Waals surface area contributed by atoms with Gasteiger partial charge in [-0.2, -0.15) is 0 Å². The third kappa shape index (κ3) is 3.62. The van der Waals surface area contributed by atoms with Crippen LogP contribution in [0.5, 0.6) is 0 Å². The maximum Gasteiger partial charge on any atom is 0.266 e. The van der Waals surface area contributed by atoms with Gasteiger partial charge in [0.05, 0.1) is 5.92 Å². The van der Waals surface area contributed by atoms with Crippen LogP contribution in [-0.2, 0) is 6.54 Å². The fourth-order valence-electron chi connectivity index (χ4n) is 3.29. The van der Waals surface area contributed by atoms with Crippen LogP contribution in [0.3, 0.4) is 0 Å². The van der Waals surface area contributed by atoms with E-state index >= 15 is 0 Å². The summed E-state index contributed by atoms with van der Waals surface area (Å²) in [4.78, 5) is 6.42. The van der Waals surface area contributed by atoms with Crippen LogP contribution >= 0.6 is 0 Å². The highest BCUT2D eigenvalue weighted by Gasteiger charge is 2.26. The molecule has 0 saturated carbocycles. The first-order valence-corrected chi connectivity index (χ1v) is 8.60. The lowest BCUT2D eigenvalue weighted by atomic mass is 9.97. The molecule has 1 fully saturated rings. The van der Waals surface area contributed by atoms with E-state index in [0.717, 1.165) is 31.5 Å². The fraction of sp³-hybridized carbons (Fsp3) is 0.316. The molecule has 3 heterocycles. The number of pyridine rings is 1. The Labute approximate surface area is 149 Å². The zero-order valence-electron chi connectivity index (χ0n) is 14.1. The summed E-state index contributed by atoms with van der Waals surface area (Å²) in [6.07, 6.45) is 3.62. The van der Waals surface area contributed by atoms with Crippen LogP contribution in [0, 0.1) is 11.6 Å². The van der Waals surface area contributed by atoms with Crippen molar-refractivity contribution in [3.8, 4) is 11.6 Å².